The number of ketones is 1. The van der Waals surface area contributed by atoms with E-state index in [0.29, 0.717) is 34.1 Å². The van der Waals surface area contributed by atoms with Gasteiger partial charge >= 0.3 is 0 Å². The number of ether oxygens (including phenoxy) is 3. The predicted molar refractivity (Wildman–Crippen MR) is 124 cm³/mol. The van der Waals surface area contributed by atoms with Crippen molar-refractivity contribution >= 4 is 23.1 Å². The van der Waals surface area contributed by atoms with Gasteiger partial charge in [-0.3, -0.25) is 14.5 Å². The van der Waals surface area contributed by atoms with Gasteiger partial charge in [0.1, 0.15) is 11.5 Å². The maximum atomic E-state index is 13.2. The Hall–Kier alpha value is -4.26. The molecule has 0 saturated carbocycles. The van der Waals surface area contributed by atoms with E-state index in [1.165, 1.54) is 26.2 Å². The Morgan fingerprint density at radius 2 is 1.55 bits per heavy atom. The normalized spacial score (nSPS) is 17.2. The van der Waals surface area contributed by atoms with Crippen LogP contribution in [0, 0.1) is 0 Å². The first-order valence-electron chi connectivity index (χ1n) is 10.2. The lowest BCUT2D eigenvalue weighted by molar-refractivity contribution is -0.132. The van der Waals surface area contributed by atoms with Crippen molar-refractivity contribution in [3.05, 3.63) is 89.5 Å². The van der Waals surface area contributed by atoms with Crippen LogP contribution in [0.2, 0.25) is 0 Å². The van der Waals surface area contributed by atoms with Crippen molar-refractivity contribution in [2.75, 3.05) is 26.2 Å². The molecule has 0 aliphatic carbocycles. The lowest BCUT2D eigenvalue weighted by Gasteiger charge is -2.25. The number of Topliss-reactive ketones (excluding diaryl/α,β-unsaturated/α-hetero) is 1. The van der Waals surface area contributed by atoms with Gasteiger partial charge in [-0.1, -0.05) is 30.3 Å². The zero-order chi connectivity index (χ0) is 23.5. The van der Waals surface area contributed by atoms with Crippen molar-refractivity contribution < 1.29 is 28.9 Å². The molecular weight excluding hydrogens is 422 g/mol. The fourth-order valence-corrected chi connectivity index (χ4v) is 3.95. The Balaban J connectivity index is 1.95. The summed E-state index contributed by atoms with van der Waals surface area (Å²) in [7, 11) is 4.52. The minimum atomic E-state index is -0.851. The molecule has 168 valence electrons. The minimum absolute atomic E-state index is 0.0238. The molecule has 1 aliphatic rings. The number of methoxy groups -OCH3 is 3. The van der Waals surface area contributed by atoms with Gasteiger partial charge in [0.2, 0.25) is 0 Å². The van der Waals surface area contributed by atoms with Crippen molar-refractivity contribution in [3.8, 4) is 17.2 Å². The smallest absolute Gasteiger partial charge is 0.300 e. The van der Waals surface area contributed by atoms with Gasteiger partial charge in [-0.15, -0.1) is 0 Å². The Labute approximate surface area is 191 Å². The first-order valence-corrected chi connectivity index (χ1v) is 10.2. The van der Waals surface area contributed by atoms with Crippen LogP contribution in [-0.2, 0) is 9.59 Å². The van der Waals surface area contributed by atoms with E-state index in [1.807, 2.05) is 6.07 Å². The summed E-state index contributed by atoms with van der Waals surface area (Å²) in [5.41, 5.74) is 1.47. The number of carbonyl (C=O) groups excluding carboxylic acids is 2. The molecule has 1 aliphatic heterocycles. The van der Waals surface area contributed by atoms with Gasteiger partial charge < -0.3 is 19.3 Å². The molecule has 1 unspecified atom stereocenters. The number of nitrogens with zero attached hydrogens (tertiary/aromatic N) is 1. The predicted octanol–water partition coefficient (Wildman–Crippen LogP) is 4.34. The third-order valence-corrected chi connectivity index (χ3v) is 5.55. The molecule has 1 heterocycles. The van der Waals surface area contributed by atoms with Crippen molar-refractivity contribution in [2.24, 2.45) is 0 Å². The van der Waals surface area contributed by atoms with Gasteiger partial charge in [0.25, 0.3) is 11.7 Å². The molecule has 3 aromatic carbocycles. The molecule has 1 N–H and O–H groups in total. The quantitative estimate of drug-likeness (QED) is 0.345. The number of hydrogen-bond acceptors (Lipinski definition) is 6. The maximum Gasteiger partial charge on any atom is 0.300 e. The minimum Gasteiger partial charge on any atom is -0.507 e. The van der Waals surface area contributed by atoms with Crippen molar-refractivity contribution in [1.82, 2.24) is 0 Å². The number of benzene rings is 3. The van der Waals surface area contributed by atoms with Gasteiger partial charge in [-0.05, 0) is 48.0 Å². The molecule has 0 bridgehead atoms. The van der Waals surface area contributed by atoms with Gasteiger partial charge in [0, 0.05) is 11.3 Å². The molecule has 0 radical (unpaired) electrons. The second-order valence-corrected chi connectivity index (χ2v) is 7.35. The van der Waals surface area contributed by atoms with Gasteiger partial charge in [0.05, 0.1) is 32.9 Å². The molecule has 1 amide bonds. The summed E-state index contributed by atoms with van der Waals surface area (Å²) in [5.74, 6) is -0.382. The summed E-state index contributed by atoms with van der Waals surface area (Å²) in [6, 6.07) is 19.9. The van der Waals surface area contributed by atoms with Crippen LogP contribution >= 0.6 is 0 Å². The summed E-state index contributed by atoms with van der Waals surface area (Å²) < 4.78 is 15.9. The molecule has 1 fully saturated rings. The van der Waals surface area contributed by atoms with Crippen LogP contribution < -0.4 is 19.1 Å². The Bertz CT molecular complexity index is 1230. The first-order chi connectivity index (χ1) is 16.0. The number of rotatable bonds is 6. The molecule has 4 rings (SSSR count). The average molecular weight is 445 g/mol. The molecular formula is C26H23NO6. The SMILES string of the molecule is COc1cccc(C2/C(=C(/O)c3ccc(OC)c(OC)c3)C(=O)C(=O)N2c2ccccc2)c1. The van der Waals surface area contributed by atoms with Gasteiger partial charge in [0.15, 0.2) is 11.5 Å². The maximum absolute atomic E-state index is 13.2. The number of anilines is 1. The van der Waals surface area contributed by atoms with E-state index in [0.717, 1.165) is 0 Å². The topological polar surface area (TPSA) is 85.3 Å². The number of carbonyl (C=O) groups is 2. The van der Waals surface area contributed by atoms with Crippen LogP contribution in [0.15, 0.2) is 78.4 Å². The zero-order valence-electron chi connectivity index (χ0n) is 18.4. The van der Waals surface area contributed by atoms with Crippen LogP contribution in [0.1, 0.15) is 17.2 Å². The number of aliphatic hydroxyl groups excluding tert-OH is 1. The molecule has 1 saturated heterocycles. The average Bonchev–Trinajstić information content (AvgIpc) is 3.13. The van der Waals surface area contributed by atoms with E-state index in [4.69, 9.17) is 14.2 Å². The molecule has 0 spiro atoms. The van der Waals surface area contributed by atoms with E-state index in [1.54, 1.807) is 66.7 Å². The number of aliphatic hydroxyl groups is 1. The highest BCUT2D eigenvalue weighted by molar-refractivity contribution is 6.51. The highest BCUT2D eigenvalue weighted by Gasteiger charge is 2.47. The molecule has 7 heteroatoms. The highest BCUT2D eigenvalue weighted by atomic mass is 16.5. The third kappa shape index (κ3) is 3.89. The molecule has 3 aromatic rings. The number of hydrogen-bond donors (Lipinski definition) is 1. The molecule has 7 nitrogen and oxygen atoms in total. The van der Waals surface area contributed by atoms with Crippen LogP contribution in [0.5, 0.6) is 17.2 Å². The molecule has 33 heavy (non-hydrogen) atoms. The first kappa shape index (κ1) is 22.0. The summed E-state index contributed by atoms with van der Waals surface area (Å²) >= 11 is 0. The largest absolute Gasteiger partial charge is 0.507 e. The zero-order valence-corrected chi connectivity index (χ0v) is 18.4. The van der Waals surface area contributed by atoms with E-state index >= 15 is 0 Å². The Morgan fingerprint density at radius 3 is 2.21 bits per heavy atom. The van der Waals surface area contributed by atoms with Crippen molar-refractivity contribution in [3.63, 3.8) is 0 Å². The van der Waals surface area contributed by atoms with Crippen LogP contribution in [0.3, 0.4) is 0 Å². The van der Waals surface area contributed by atoms with E-state index in [-0.39, 0.29) is 11.3 Å². The van der Waals surface area contributed by atoms with Crippen molar-refractivity contribution in [1.29, 1.82) is 0 Å². The Morgan fingerprint density at radius 1 is 0.818 bits per heavy atom. The van der Waals surface area contributed by atoms with Gasteiger partial charge in [-0.2, -0.15) is 0 Å². The third-order valence-electron chi connectivity index (χ3n) is 5.55. The standard InChI is InChI=1S/C26H23NO6/c1-31-19-11-7-8-16(14-19)23-22(24(28)17-12-13-20(32-2)21(15-17)33-3)25(29)26(30)27(23)18-9-5-4-6-10-18/h4-15,23,28H,1-3H3/b24-22-. The fourth-order valence-electron chi connectivity index (χ4n) is 3.95. The summed E-state index contributed by atoms with van der Waals surface area (Å²) in [4.78, 5) is 27.8. The van der Waals surface area contributed by atoms with E-state index < -0.39 is 17.7 Å². The number of amides is 1. The fraction of sp³-hybridized carbons (Fsp3) is 0.154. The van der Waals surface area contributed by atoms with Gasteiger partial charge in [-0.25, -0.2) is 0 Å². The van der Waals surface area contributed by atoms with Crippen molar-refractivity contribution in [2.45, 2.75) is 6.04 Å². The monoisotopic (exact) mass is 445 g/mol. The lowest BCUT2D eigenvalue weighted by Crippen LogP contribution is -2.29. The van der Waals surface area contributed by atoms with E-state index in [2.05, 4.69) is 0 Å². The Kier molecular flexibility index (Phi) is 6.04. The second-order valence-electron chi connectivity index (χ2n) is 7.35. The molecule has 0 aromatic heterocycles. The van der Waals surface area contributed by atoms with Crippen LogP contribution in [-0.4, -0.2) is 38.1 Å². The number of para-hydroxylation sites is 1. The second kappa shape index (κ2) is 9.08. The van der Waals surface area contributed by atoms with Crippen LogP contribution in [0.4, 0.5) is 5.69 Å². The molecule has 1 atom stereocenters. The lowest BCUT2D eigenvalue weighted by atomic mass is 9.95. The summed E-state index contributed by atoms with van der Waals surface area (Å²) in [6.07, 6.45) is 0. The highest BCUT2D eigenvalue weighted by Crippen LogP contribution is 2.43. The summed E-state index contributed by atoms with van der Waals surface area (Å²) in [5, 5.41) is 11.3. The van der Waals surface area contributed by atoms with E-state index in [9.17, 15) is 14.7 Å². The summed E-state index contributed by atoms with van der Waals surface area (Å²) in [6.45, 7) is 0. The van der Waals surface area contributed by atoms with Crippen LogP contribution in [0.25, 0.3) is 5.76 Å².